The highest BCUT2D eigenvalue weighted by atomic mass is 15.2. The van der Waals surface area contributed by atoms with Crippen LogP contribution in [-0.4, -0.2) is 13.1 Å². The van der Waals surface area contributed by atoms with E-state index in [9.17, 15) is 0 Å². The minimum Gasteiger partial charge on any atom is -0.397 e. The average molecular weight is 218 g/mol. The summed E-state index contributed by atoms with van der Waals surface area (Å²) in [6.07, 6.45) is 1.30. The second-order valence-corrected chi connectivity index (χ2v) is 5.30. The summed E-state index contributed by atoms with van der Waals surface area (Å²) >= 11 is 0. The predicted octanol–water partition coefficient (Wildman–Crippen LogP) is 3.06. The van der Waals surface area contributed by atoms with Crippen molar-refractivity contribution < 1.29 is 0 Å². The van der Waals surface area contributed by atoms with Crippen LogP contribution in [-0.2, 0) is 0 Å². The molecule has 1 aliphatic rings. The maximum absolute atomic E-state index is 6.08. The molecule has 0 radical (unpaired) electrons. The van der Waals surface area contributed by atoms with E-state index in [1.54, 1.807) is 0 Å². The Kier molecular flexibility index (Phi) is 3.08. The molecular formula is C14H22N2. The van der Waals surface area contributed by atoms with Crippen LogP contribution in [0.15, 0.2) is 18.2 Å². The predicted molar refractivity (Wildman–Crippen MR) is 70.7 cm³/mol. The molecule has 0 aromatic heterocycles. The summed E-state index contributed by atoms with van der Waals surface area (Å²) in [5, 5.41) is 0. The number of nitrogen functional groups attached to an aromatic ring is 1. The van der Waals surface area contributed by atoms with Crippen molar-refractivity contribution in [2.24, 2.45) is 11.8 Å². The summed E-state index contributed by atoms with van der Waals surface area (Å²) < 4.78 is 0. The van der Waals surface area contributed by atoms with Gasteiger partial charge >= 0.3 is 0 Å². The molecule has 1 saturated heterocycles. The van der Waals surface area contributed by atoms with E-state index in [1.807, 2.05) is 0 Å². The zero-order valence-corrected chi connectivity index (χ0v) is 10.5. The van der Waals surface area contributed by atoms with Gasteiger partial charge in [0.25, 0.3) is 0 Å². The molecule has 16 heavy (non-hydrogen) atoms. The monoisotopic (exact) mass is 218 g/mol. The van der Waals surface area contributed by atoms with Crippen molar-refractivity contribution in [2.45, 2.75) is 27.2 Å². The van der Waals surface area contributed by atoms with E-state index >= 15 is 0 Å². The highest BCUT2D eigenvalue weighted by Crippen LogP contribution is 2.31. The van der Waals surface area contributed by atoms with Crippen molar-refractivity contribution in [3.8, 4) is 0 Å². The van der Waals surface area contributed by atoms with E-state index in [4.69, 9.17) is 5.73 Å². The molecule has 0 bridgehead atoms. The third-order valence-electron chi connectivity index (χ3n) is 3.69. The molecule has 1 atom stereocenters. The Morgan fingerprint density at radius 2 is 2.12 bits per heavy atom. The van der Waals surface area contributed by atoms with Crippen LogP contribution in [0.5, 0.6) is 0 Å². The van der Waals surface area contributed by atoms with Gasteiger partial charge in [-0.2, -0.15) is 0 Å². The number of aryl methyl sites for hydroxylation is 1. The standard InChI is InChI=1S/C14H22N2/c1-10(2)12-6-7-16(9-12)14-5-4-11(3)8-13(14)15/h4-5,8,10,12H,6-7,9,15H2,1-3H3. The molecule has 88 valence electrons. The highest BCUT2D eigenvalue weighted by molar-refractivity contribution is 5.68. The molecule has 1 aromatic rings. The van der Waals surface area contributed by atoms with Gasteiger partial charge in [-0.1, -0.05) is 19.9 Å². The van der Waals surface area contributed by atoms with Crippen LogP contribution in [0.4, 0.5) is 11.4 Å². The second-order valence-electron chi connectivity index (χ2n) is 5.30. The molecule has 1 fully saturated rings. The summed E-state index contributed by atoms with van der Waals surface area (Å²) in [6.45, 7) is 9.02. The largest absolute Gasteiger partial charge is 0.397 e. The Bertz CT molecular complexity index is 371. The number of nitrogens with two attached hydrogens (primary N) is 1. The van der Waals surface area contributed by atoms with Crippen molar-refractivity contribution in [1.29, 1.82) is 0 Å². The summed E-state index contributed by atoms with van der Waals surface area (Å²) in [5.41, 5.74) is 9.46. The molecule has 2 nitrogen and oxygen atoms in total. The second kappa shape index (κ2) is 4.36. The van der Waals surface area contributed by atoms with E-state index in [-0.39, 0.29) is 0 Å². The van der Waals surface area contributed by atoms with E-state index < -0.39 is 0 Å². The molecule has 1 aromatic carbocycles. The first-order valence-electron chi connectivity index (χ1n) is 6.19. The van der Waals surface area contributed by atoms with Crippen LogP contribution in [0, 0.1) is 18.8 Å². The van der Waals surface area contributed by atoms with Crippen molar-refractivity contribution in [3.05, 3.63) is 23.8 Å². The van der Waals surface area contributed by atoms with Crippen LogP contribution in [0.2, 0.25) is 0 Å². The van der Waals surface area contributed by atoms with Crippen LogP contribution in [0.1, 0.15) is 25.8 Å². The number of anilines is 2. The lowest BCUT2D eigenvalue weighted by atomic mass is 9.95. The third kappa shape index (κ3) is 2.16. The van der Waals surface area contributed by atoms with Crippen molar-refractivity contribution in [3.63, 3.8) is 0 Å². The van der Waals surface area contributed by atoms with Gasteiger partial charge in [0.1, 0.15) is 0 Å². The summed E-state index contributed by atoms with van der Waals surface area (Å²) in [4.78, 5) is 2.43. The molecule has 0 spiro atoms. The van der Waals surface area contributed by atoms with Crippen molar-refractivity contribution in [2.75, 3.05) is 23.7 Å². The number of hydrogen-bond acceptors (Lipinski definition) is 2. The molecule has 0 aliphatic carbocycles. The van der Waals surface area contributed by atoms with Gasteiger partial charge in [-0.3, -0.25) is 0 Å². The van der Waals surface area contributed by atoms with Gasteiger partial charge < -0.3 is 10.6 Å². The minimum absolute atomic E-state index is 0.775. The molecule has 0 saturated carbocycles. The Balaban J connectivity index is 2.14. The fourth-order valence-corrected chi connectivity index (χ4v) is 2.51. The molecule has 2 heteroatoms. The molecule has 1 aliphatic heterocycles. The van der Waals surface area contributed by atoms with Gasteiger partial charge in [0.2, 0.25) is 0 Å². The van der Waals surface area contributed by atoms with E-state index in [0.29, 0.717) is 0 Å². The zero-order chi connectivity index (χ0) is 11.7. The molecule has 2 rings (SSSR count). The smallest absolute Gasteiger partial charge is 0.0600 e. The van der Waals surface area contributed by atoms with E-state index in [0.717, 1.165) is 30.6 Å². The molecular weight excluding hydrogens is 196 g/mol. The van der Waals surface area contributed by atoms with Crippen molar-refractivity contribution >= 4 is 11.4 Å². The van der Waals surface area contributed by atoms with Crippen molar-refractivity contribution in [1.82, 2.24) is 0 Å². The zero-order valence-electron chi connectivity index (χ0n) is 10.5. The molecule has 1 unspecified atom stereocenters. The minimum atomic E-state index is 0.775. The summed E-state index contributed by atoms with van der Waals surface area (Å²) in [5.74, 6) is 1.59. The topological polar surface area (TPSA) is 29.3 Å². The fraction of sp³-hybridized carbons (Fsp3) is 0.571. The number of nitrogens with zero attached hydrogens (tertiary/aromatic N) is 1. The molecule has 0 amide bonds. The van der Waals surface area contributed by atoms with Gasteiger partial charge in [0.05, 0.1) is 11.4 Å². The Hall–Kier alpha value is -1.18. The van der Waals surface area contributed by atoms with Crippen LogP contribution in [0.3, 0.4) is 0 Å². The number of benzene rings is 1. The normalized spacial score (nSPS) is 20.8. The van der Waals surface area contributed by atoms with E-state index in [2.05, 4.69) is 43.9 Å². The van der Waals surface area contributed by atoms with Gasteiger partial charge in [-0.05, 0) is 42.9 Å². The van der Waals surface area contributed by atoms with E-state index in [1.165, 1.54) is 17.7 Å². The first-order chi connectivity index (χ1) is 7.58. The maximum Gasteiger partial charge on any atom is 0.0600 e. The Morgan fingerprint density at radius 1 is 1.38 bits per heavy atom. The fourth-order valence-electron chi connectivity index (χ4n) is 2.51. The summed E-state index contributed by atoms with van der Waals surface area (Å²) in [6, 6.07) is 6.37. The first-order valence-corrected chi connectivity index (χ1v) is 6.19. The third-order valence-corrected chi connectivity index (χ3v) is 3.69. The quantitative estimate of drug-likeness (QED) is 0.773. The maximum atomic E-state index is 6.08. The van der Waals surface area contributed by atoms with Gasteiger partial charge in [-0.15, -0.1) is 0 Å². The van der Waals surface area contributed by atoms with Gasteiger partial charge in [-0.25, -0.2) is 0 Å². The highest BCUT2D eigenvalue weighted by Gasteiger charge is 2.25. The lowest BCUT2D eigenvalue weighted by Gasteiger charge is -2.22. The van der Waals surface area contributed by atoms with Crippen LogP contribution < -0.4 is 10.6 Å². The average Bonchev–Trinajstić information content (AvgIpc) is 2.66. The Morgan fingerprint density at radius 3 is 2.69 bits per heavy atom. The summed E-state index contributed by atoms with van der Waals surface area (Å²) in [7, 11) is 0. The van der Waals surface area contributed by atoms with Crippen LogP contribution >= 0.6 is 0 Å². The SMILES string of the molecule is Cc1ccc(N2CCC(C(C)C)C2)c(N)c1. The lowest BCUT2D eigenvalue weighted by molar-refractivity contribution is 0.423. The molecule has 1 heterocycles. The molecule has 2 N–H and O–H groups in total. The van der Waals surface area contributed by atoms with Crippen LogP contribution in [0.25, 0.3) is 0 Å². The lowest BCUT2D eigenvalue weighted by Crippen LogP contribution is -2.22. The van der Waals surface area contributed by atoms with Gasteiger partial charge in [0, 0.05) is 13.1 Å². The Labute approximate surface area is 98.4 Å². The number of hydrogen-bond donors (Lipinski definition) is 1. The van der Waals surface area contributed by atoms with Gasteiger partial charge in [0.15, 0.2) is 0 Å². The first kappa shape index (κ1) is 11.3. The number of rotatable bonds is 2.